The maximum Gasteiger partial charge on any atom is 0.225 e. The van der Waals surface area contributed by atoms with Crippen LogP contribution in [0.4, 0.5) is 0 Å². The Labute approximate surface area is 115 Å². The Morgan fingerprint density at radius 3 is 2.63 bits per heavy atom. The third-order valence-electron chi connectivity index (χ3n) is 3.69. The van der Waals surface area contributed by atoms with E-state index in [1.54, 1.807) is 0 Å². The second kappa shape index (κ2) is 7.29. The lowest BCUT2D eigenvalue weighted by Crippen LogP contribution is -2.43. The highest BCUT2D eigenvalue weighted by Crippen LogP contribution is 2.14. The van der Waals surface area contributed by atoms with Gasteiger partial charge in [0.15, 0.2) is 0 Å². The third-order valence-corrected chi connectivity index (χ3v) is 3.69. The molecule has 0 bridgehead atoms. The number of carbonyl (C=O) groups excluding carboxylic acids is 1. The Kier molecular flexibility index (Phi) is 5.40. The molecule has 1 atom stereocenters. The zero-order valence-corrected chi connectivity index (χ0v) is 11.7. The Bertz CT molecular complexity index is 385. The molecule has 3 nitrogen and oxygen atoms in total. The van der Waals surface area contributed by atoms with Crippen LogP contribution < -0.4 is 0 Å². The minimum Gasteiger partial charge on any atom is -0.378 e. The van der Waals surface area contributed by atoms with E-state index >= 15 is 0 Å². The van der Waals surface area contributed by atoms with E-state index in [0.717, 1.165) is 32.4 Å². The third kappa shape index (κ3) is 4.35. The van der Waals surface area contributed by atoms with Gasteiger partial charge in [-0.15, -0.1) is 0 Å². The summed E-state index contributed by atoms with van der Waals surface area (Å²) in [5, 5.41) is 0. The molecule has 3 heteroatoms. The minimum atomic E-state index is 0.127. The highest BCUT2D eigenvalue weighted by Gasteiger charge is 2.21. The van der Waals surface area contributed by atoms with Crippen molar-refractivity contribution in [3.05, 3.63) is 35.9 Å². The quantitative estimate of drug-likeness (QED) is 0.815. The Balaban J connectivity index is 1.71. The number of carbonyl (C=O) groups is 1. The highest BCUT2D eigenvalue weighted by molar-refractivity contribution is 5.78. The first kappa shape index (κ1) is 14.1. The molecule has 1 heterocycles. The van der Waals surface area contributed by atoms with E-state index < -0.39 is 0 Å². The number of hydrogen-bond donors (Lipinski definition) is 0. The van der Waals surface area contributed by atoms with Gasteiger partial charge >= 0.3 is 0 Å². The lowest BCUT2D eigenvalue weighted by Gasteiger charge is -2.29. The van der Waals surface area contributed by atoms with E-state index in [1.807, 2.05) is 17.9 Å². The molecule has 0 aliphatic carbocycles. The van der Waals surface area contributed by atoms with Crippen molar-refractivity contribution in [3.63, 3.8) is 0 Å². The van der Waals surface area contributed by atoms with Crippen molar-refractivity contribution in [3.8, 4) is 0 Å². The molecule has 1 aromatic carbocycles. The predicted molar refractivity (Wildman–Crippen MR) is 75.9 cm³/mol. The number of morpholine rings is 1. The van der Waals surface area contributed by atoms with Gasteiger partial charge in [0.1, 0.15) is 0 Å². The molecular weight excluding hydrogens is 238 g/mol. The van der Waals surface area contributed by atoms with Crippen LogP contribution in [0.25, 0.3) is 0 Å². The molecule has 1 amide bonds. The average Bonchev–Trinajstić information content (AvgIpc) is 2.48. The lowest BCUT2D eigenvalue weighted by molar-refractivity contribution is -0.139. The van der Waals surface area contributed by atoms with Gasteiger partial charge in [0.05, 0.1) is 13.2 Å². The molecule has 1 aromatic rings. The molecule has 1 aliphatic heterocycles. The summed E-state index contributed by atoms with van der Waals surface area (Å²) >= 11 is 0. The number of amides is 1. The smallest absolute Gasteiger partial charge is 0.225 e. The number of hydrogen-bond acceptors (Lipinski definition) is 2. The number of ether oxygens (including phenoxy) is 1. The lowest BCUT2D eigenvalue weighted by atomic mass is 10.00. The summed E-state index contributed by atoms with van der Waals surface area (Å²) in [6.07, 6.45) is 3.09. The zero-order chi connectivity index (χ0) is 13.5. The Morgan fingerprint density at radius 1 is 1.26 bits per heavy atom. The molecule has 0 N–H and O–H groups in total. The molecule has 1 saturated heterocycles. The summed E-state index contributed by atoms with van der Waals surface area (Å²) in [5.41, 5.74) is 1.36. The molecule has 2 rings (SSSR count). The van der Waals surface area contributed by atoms with Crippen LogP contribution >= 0.6 is 0 Å². The molecule has 0 saturated carbocycles. The van der Waals surface area contributed by atoms with Crippen LogP contribution in [0.1, 0.15) is 25.3 Å². The Hall–Kier alpha value is -1.35. The fourth-order valence-electron chi connectivity index (χ4n) is 2.48. The fraction of sp³-hybridized carbons (Fsp3) is 0.562. The average molecular weight is 261 g/mol. The summed E-state index contributed by atoms with van der Waals surface area (Å²) in [5.74, 6) is 0.415. The first-order chi connectivity index (χ1) is 9.27. The zero-order valence-electron chi connectivity index (χ0n) is 11.7. The van der Waals surface area contributed by atoms with Gasteiger partial charge in [0, 0.05) is 19.0 Å². The van der Waals surface area contributed by atoms with Crippen molar-refractivity contribution in [2.24, 2.45) is 5.92 Å². The van der Waals surface area contributed by atoms with Crippen molar-refractivity contribution in [1.82, 2.24) is 4.90 Å². The molecule has 1 fully saturated rings. The second-order valence-electron chi connectivity index (χ2n) is 5.22. The summed E-state index contributed by atoms with van der Waals surface area (Å²) in [6.45, 7) is 4.91. The van der Waals surface area contributed by atoms with E-state index in [2.05, 4.69) is 24.3 Å². The molecule has 19 heavy (non-hydrogen) atoms. The topological polar surface area (TPSA) is 29.5 Å². The fourth-order valence-corrected chi connectivity index (χ4v) is 2.48. The molecule has 0 aromatic heterocycles. The number of nitrogens with zero attached hydrogens (tertiary/aromatic N) is 1. The highest BCUT2D eigenvalue weighted by atomic mass is 16.5. The van der Waals surface area contributed by atoms with Gasteiger partial charge in [-0.05, 0) is 24.8 Å². The largest absolute Gasteiger partial charge is 0.378 e. The van der Waals surface area contributed by atoms with E-state index in [4.69, 9.17) is 4.74 Å². The van der Waals surface area contributed by atoms with Crippen LogP contribution in [-0.4, -0.2) is 37.1 Å². The molecule has 0 radical (unpaired) electrons. The van der Waals surface area contributed by atoms with Crippen molar-refractivity contribution in [2.45, 2.75) is 26.2 Å². The second-order valence-corrected chi connectivity index (χ2v) is 5.22. The minimum absolute atomic E-state index is 0.127. The standard InChI is InChI=1S/C16H23NO2/c1-14(16(18)17-10-12-19-13-11-17)6-5-9-15-7-3-2-4-8-15/h2-4,7-8,14H,5-6,9-13H2,1H3. The van der Waals surface area contributed by atoms with Crippen LogP contribution in [0.3, 0.4) is 0 Å². The van der Waals surface area contributed by atoms with Crippen molar-refractivity contribution in [1.29, 1.82) is 0 Å². The number of benzene rings is 1. The van der Waals surface area contributed by atoms with Crippen LogP contribution in [0.5, 0.6) is 0 Å². The molecular formula is C16H23NO2. The van der Waals surface area contributed by atoms with Crippen LogP contribution in [-0.2, 0) is 16.0 Å². The molecule has 104 valence electrons. The first-order valence-electron chi connectivity index (χ1n) is 7.18. The summed E-state index contributed by atoms with van der Waals surface area (Å²) < 4.78 is 5.27. The molecule has 1 aliphatic rings. The maximum absolute atomic E-state index is 12.2. The monoisotopic (exact) mass is 261 g/mol. The van der Waals surface area contributed by atoms with Gasteiger partial charge in [-0.3, -0.25) is 4.79 Å². The summed E-state index contributed by atoms with van der Waals surface area (Å²) in [7, 11) is 0. The first-order valence-corrected chi connectivity index (χ1v) is 7.18. The van der Waals surface area contributed by atoms with E-state index in [1.165, 1.54) is 5.56 Å². The van der Waals surface area contributed by atoms with Gasteiger partial charge in [-0.25, -0.2) is 0 Å². The Morgan fingerprint density at radius 2 is 1.95 bits per heavy atom. The van der Waals surface area contributed by atoms with E-state index in [9.17, 15) is 4.79 Å². The SMILES string of the molecule is CC(CCCc1ccccc1)C(=O)N1CCOCC1. The van der Waals surface area contributed by atoms with Gasteiger partial charge < -0.3 is 9.64 Å². The van der Waals surface area contributed by atoms with Crippen LogP contribution in [0.2, 0.25) is 0 Å². The molecule has 0 spiro atoms. The van der Waals surface area contributed by atoms with Crippen molar-refractivity contribution < 1.29 is 9.53 Å². The predicted octanol–water partition coefficient (Wildman–Crippen LogP) is 2.50. The summed E-state index contributed by atoms with van der Waals surface area (Å²) in [6, 6.07) is 10.5. The van der Waals surface area contributed by atoms with Gasteiger partial charge in [0.2, 0.25) is 5.91 Å². The van der Waals surface area contributed by atoms with Gasteiger partial charge in [-0.2, -0.15) is 0 Å². The van der Waals surface area contributed by atoms with E-state index in [-0.39, 0.29) is 11.8 Å². The van der Waals surface area contributed by atoms with Crippen molar-refractivity contribution >= 4 is 5.91 Å². The maximum atomic E-state index is 12.2. The van der Waals surface area contributed by atoms with Crippen LogP contribution in [0.15, 0.2) is 30.3 Å². The summed E-state index contributed by atoms with van der Waals surface area (Å²) in [4.78, 5) is 14.2. The normalized spacial score (nSPS) is 17.2. The van der Waals surface area contributed by atoms with Crippen LogP contribution in [0, 0.1) is 5.92 Å². The van der Waals surface area contributed by atoms with Crippen molar-refractivity contribution in [2.75, 3.05) is 26.3 Å². The van der Waals surface area contributed by atoms with Gasteiger partial charge in [0.25, 0.3) is 0 Å². The molecule has 1 unspecified atom stereocenters. The van der Waals surface area contributed by atoms with Gasteiger partial charge in [-0.1, -0.05) is 37.3 Å². The number of rotatable bonds is 5. The number of aryl methyl sites for hydroxylation is 1. The van der Waals surface area contributed by atoms with E-state index in [0.29, 0.717) is 13.2 Å².